The van der Waals surface area contributed by atoms with Gasteiger partial charge in [-0.2, -0.15) is 0 Å². The van der Waals surface area contributed by atoms with Crippen LogP contribution in [0, 0.1) is 28.6 Å². The fourth-order valence-electron chi connectivity index (χ4n) is 7.11. The molecule has 2 nitrogen and oxygen atoms in total. The Morgan fingerprint density at radius 1 is 0.921 bits per heavy atom. The highest BCUT2D eigenvalue weighted by Crippen LogP contribution is 2.48. The van der Waals surface area contributed by atoms with E-state index in [4.69, 9.17) is 9.47 Å². The van der Waals surface area contributed by atoms with Crippen molar-refractivity contribution in [1.82, 2.24) is 0 Å². The molecule has 0 heterocycles. The third kappa shape index (κ3) is 6.06. The second-order valence-electron chi connectivity index (χ2n) is 14.7. The van der Waals surface area contributed by atoms with Crippen LogP contribution in [0.2, 0.25) is 0 Å². The molecule has 5 rings (SSSR count). The van der Waals surface area contributed by atoms with E-state index in [0.29, 0.717) is 23.7 Å². The van der Waals surface area contributed by atoms with E-state index < -0.39 is 0 Å². The Labute approximate surface area is 232 Å². The highest BCUT2D eigenvalue weighted by molar-refractivity contribution is 5.57. The van der Waals surface area contributed by atoms with Crippen molar-refractivity contribution in [3.63, 3.8) is 0 Å². The quantitative estimate of drug-likeness (QED) is 0.337. The van der Waals surface area contributed by atoms with Gasteiger partial charge in [0.1, 0.15) is 5.75 Å². The lowest BCUT2D eigenvalue weighted by Crippen LogP contribution is -2.35. The van der Waals surface area contributed by atoms with Gasteiger partial charge in [0.05, 0.1) is 6.10 Å². The maximum Gasteiger partial charge on any atom is 0.203 e. The van der Waals surface area contributed by atoms with Gasteiger partial charge < -0.3 is 9.47 Å². The van der Waals surface area contributed by atoms with Crippen LogP contribution in [0.3, 0.4) is 0 Å². The molecule has 4 aliphatic carbocycles. The summed E-state index contributed by atoms with van der Waals surface area (Å²) in [5.41, 5.74) is 6.28. The Bertz CT molecular complexity index is 1100. The third-order valence-electron chi connectivity index (χ3n) is 9.23. The summed E-state index contributed by atoms with van der Waals surface area (Å²) >= 11 is 0. The summed E-state index contributed by atoms with van der Waals surface area (Å²) in [6, 6.07) is 8.99. The minimum Gasteiger partial charge on any atom is -0.465 e. The molecule has 0 radical (unpaired) electrons. The van der Waals surface area contributed by atoms with Gasteiger partial charge in [-0.3, -0.25) is 0 Å². The molecule has 1 saturated carbocycles. The number of ether oxygens (including phenoxy) is 2. The molecule has 0 saturated heterocycles. The van der Waals surface area contributed by atoms with E-state index >= 15 is 0 Å². The molecule has 4 aliphatic rings. The zero-order chi connectivity index (χ0) is 27.1. The average molecular weight is 515 g/mol. The molecule has 0 bridgehead atoms. The van der Waals surface area contributed by atoms with Crippen molar-refractivity contribution < 1.29 is 9.47 Å². The van der Waals surface area contributed by atoms with E-state index in [0.717, 1.165) is 12.2 Å². The second-order valence-corrected chi connectivity index (χ2v) is 14.7. The van der Waals surface area contributed by atoms with Gasteiger partial charge in [0.2, 0.25) is 6.29 Å². The maximum absolute atomic E-state index is 6.97. The van der Waals surface area contributed by atoms with Crippen LogP contribution in [0.4, 0.5) is 0 Å². The summed E-state index contributed by atoms with van der Waals surface area (Å²) < 4.78 is 13.7. The molecular formula is C36H50O2. The van der Waals surface area contributed by atoms with Gasteiger partial charge in [-0.25, -0.2) is 0 Å². The Morgan fingerprint density at radius 3 is 2.29 bits per heavy atom. The lowest BCUT2D eigenvalue weighted by atomic mass is 9.69. The van der Waals surface area contributed by atoms with E-state index in [2.05, 4.69) is 103 Å². The zero-order valence-corrected chi connectivity index (χ0v) is 24.9. The highest BCUT2D eigenvalue weighted by atomic mass is 16.7. The van der Waals surface area contributed by atoms with Crippen LogP contribution in [-0.2, 0) is 4.74 Å². The molecule has 1 aromatic rings. The van der Waals surface area contributed by atoms with Crippen LogP contribution in [-0.4, -0.2) is 12.4 Å². The Morgan fingerprint density at radius 2 is 1.63 bits per heavy atom. The fourth-order valence-corrected chi connectivity index (χ4v) is 7.11. The molecule has 0 aliphatic heterocycles. The molecule has 5 atom stereocenters. The van der Waals surface area contributed by atoms with E-state index in [9.17, 15) is 0 Å². The molecule has 0 spiro atoms. The van der Waals surface area contributed by atoms with Crippen molar-refractivity contribution in [3.05, 3.63) is 76.9 Å². The molecule has 1 aromatic carbocycles. The predicted molar refractivity (Wildman–Crippen MR) is 159 cm³/mol. The average Bonchev–Trinajstić information content (AvgIpc) is 3.22. The second kappa shape index (κ2) is 10.8. The van der Waals surface area contributed by atoms with Crippen molar-refractivity contribution in [2.24, 2.45) is 28.6 Å². The fraction of sp³-hybridized carbons (Fsp3) is 0.611. The number of rotatable bonds is 7. The number of allylic oxidation sites excluding steroid dienone is 5. The smallest absolute Gasteiger partial charge is 0.203 e. The molecule has 5 unspecified atom stereocenters. The van der Waals surface area contributed by atoms with Gasteiger partial charge in [0.15, 0.2) is 0 Å². The van der Waals surface area contributed by atoms with Gasteiger partial charge in [-0.15, -0.1) is 0 Å². The van der Waals surface area contributed by atoms with Gasteiger partial charge in [0.25, 0.3) is 0 Å². The van der Waals surface area contributed by atoms with Crippen molar-refractivity contribution in [3.8, 4) is 5.75 Å². The van der Waals surface area contributed by atoms with Crippen LogP contribution in [0.25, 0.3) is 0 Å². The molecule has 38 heavy (non-hydrogen) atoms. The first kappa shape index (κ1) is 27.5. The predicted octanol–water partition coefficient (Wildman–Crippen LogP) is 9.94. The first-order valence-electron chi connectivity index (χ1n) is 15.2. The standard InChI is InChI=1S/C36H50O2/c1-24-16-21-30-32(22-27-14-11-15-29(24)33(27)30)38-34(26-12-9-8-10-13-26)37-28-19-17-25(18-20-28)31(36(5,6)7)23-35(2,3)4/h11,14-21,24,26,29,31-32,34H,8-10,12-13,22-23H2,1-7H3. The number of hydrogen-bond acceptors (Lipinski definition) is 2. The molecule has 0 amide bonds. The minimum absolute atomic E-state index is 0.0886. The summed E-state index contributed by atoms with van der Waals surface area (Å²) in [5.74, 6) is 2.94. The van der Waals surface area contributed by atoms with Crippen molar-refractivity contribution in [1.29, 1.82) is 0 Å². The van der Waals surface area contributed by atoms with Crippen molar-refractivity contribution in [2.75, 3.05) is 0 Å². The van der Waals surface area contributed by atoms with Gasteiger partial charge >= 0.3 is 0 Å². The lowest BCUT2D eigenvalue weighted by Gasteiger charge is -2.36. The van der Waals surface area contributed by atoms with E-state index in [1.54, 1.807) is 0 Å². The largest absolute Gasteiger partial charge is 0.465 e. The Hall–Kier alpha value is -2.06. The Kier molecular flexibility index (Phi) is 7.84. The lowest BCUT2D eigenvalue weighted by molar-refractivity contribution is -0.143. The molecule has 1 fully saturated rings. The normalized spacial score (nSPS) is 27.2. The monoisotopic (exact) mass is 514 g/mol. The topological polar surface area (TPSA) is 18.5 Å². The number of benzene rings is 1. The van der Waals surface area contributed by atoms with Crippen LogP contribution in [0.15, 0.2) is 71.4 Å². The molecular weight excluding hydrogens is 464 g/mol. The van der Waals surface area contributed by atoms with Crippen LogP contribution < -0.4 is 4.74 Å². The van der Waals surface area contributed by atoms with E-state index in [-0.39, 0.29) is 23.2 Å². The third-order valence-corrected chi connectivity index (χ3v) is 9.23. The Balaban J connectivity index is 1.36. The van der Waals surface area contributed by atoms with Gasteiger partial charge in [0, 0.05) is 18.3 Å². The summed E-state index contributed by atoms with van der Waals surface area (Å²) in [4.78, 5) is 0. The van der Waals surface area contributed by atoms with Gasteiger partial charge in [-0.1, -0.05) is 110 Å². The minimum atomic E-state index is -0.202. The first-order chi connectivity index (χ1) is 18.0. The van der Waals surface area contributed by atoms with Crippen molar-refractivity contribution in [2.45, 2.75) is 112 Å². The summed E-state index contributed by atoms with van der Waals surface area (Å²) in [6.07, 6.45) is 19.9. The summed E-state index contributed by atoms with van der Waals surface area (Å²) in [7, 11) is 0. The van der Waals surface area contributed by atoms with Crippen LogP contribution in [0.1, 0.15) is 105 Å². The van der Waals surface area contributed by atoms with Crippen LogP contribution >= 0.6 is 0 Å². The summed E-state index contributed by atoms with van der Waals surface area (Å²) in [6.45, 7) is 16.5. The molecule has 0 aromatic heterocycles. The van der Waals surface area contributed by atoms with Gasteiger partial charge in [-0.05, 0) is 76.3 Å². The summed E-state index contributed by atoms with van der Waals surface area (Å²) in [5, 5.41) is 0. The SMILES string of the molecule is CC1C=CC2=C3C(=CC=CC31)CC2OC(Oc1ccc(C(CC(C)(C)C)C(C)(C)C)cc1)C1CCCCC1. The van der Waals surface area contributed by atoms with E-state index in [1.807, 2.05) is 0 Å². The molecule has 0 N–H and O–H groups in total. The zero-order valence-electron chi connectivity index (χ0n) is 24.9. The first-order valence-corrected chi connectivity index (χ1v) is 15.2. The number of hydrogen-bond donors (Lipinski definition) is 0. The van der Waals surface area contributed by atoms with Crippen molar-refractivity contribution >= 4 is 0 Å². The van der Waals surface area contributed by atoms with E-state index in [1.165, 1.54) is 60.8 Å². The highest BCUT2D eigenvalue weighted by Gasteiger charge is 2.39. The molecule has 206 valence electrons. The molecule has 2 heteroatoms. The maximum atomic E-state index is 6.97. The van der Waals surface area contributed by atoms with Crippen LogP contribution in [0.5, 0.6) is 5.75 Å².